The largest absolute Gasteiger partial charge is 0.500 e. The molecule has 0 spiro atoms. The minimum atomic E-state index is -2.87. The molecule has 3 rings (SSSR count). The molecule has 0 unspecified atom stereocenters. The van der Waals surface area contributed by atoms with Crippen molar-refractivity contribution in [3.8, 4) is 6.07 Å². The summed E-state index contributed by atoms with van der Waals surface area (Å²) >= 11 is 5.98. The summed E-state index contributed by atoms with van der Waals surface area (Å²) in [5, 5.41) is 16.5. The second-order valence-electron chi connectivity index (χ2n) is 8.12. The Morgan fingerprint density at radius 3 is 2.14 bits per heavy atom. The molecular weight excluding hydrogens is 512 g/mol. The maximum atomic E-state index is 13.6. The number of anilines is 3. The fourth-order valence-electron chi connectivity index (χ4n) is 4.16. The van der Waals surface area contributed by atoms with E-state index in [9.17, 15) is 14.9 Å². The zero-order valence-corrected chi connectivity index (χ0v) is 22.9. The quantitative estimate of drug-likeness (QED) is 0.184. The number of benzene rings is 2. The first-order chi connectivity index (χ1) is 17.8. The minimum Gasteiger partial charge on any atom is -0.398 e. The number of carbonyl (C=O) groups excluding carboxylic acids is 2. The number of nitrogen functional groups attached to an aromatic ring is 1. The van der Waals surface area contributed by atoms with E-state index in [1.807, 2.05) is 26.8 Å². The average molecular weight is 543 g/mol. The van der Waals surface area contributed by atoms with Gasteiger partial charge in [0.05, 0.1) is 16.8 Å². The van der Waals surface area contributed by atoms with Gasteiger partial charge in [-0.2, -0.15) is 5.26 Å². The molecule has 9 nitrogen and oxygen atoms in total. The lowest BCUT2D eigenvalue weighted by Gasteiger charge is -2.28. The third kappa shape index (κ3) is 6.39. The summed E-state index contributed by atoms with van der Waals surface area (Å²) in [6.07, 6.45) is 0.537. The molecule has 0 aromatic heterocycles. The van der Waals surface area contributed by atoms with E-state index in [1.54, 1.807) is 30.3 Å². The van der Waals surface area contributed by atoms with Gasteiger partial charge >= 0.3 is 8.80 Å². The van der Waals surface area contributed by atoms with Crippen LogP contribution in [-0.2, 0) is 13.3 Å². The Morgan fingerprint density at radius 1 is 0.946 bits per heavy atom. The summed E-state index contributed by atoms with van der Waals surface area (Å²) in [4.78, 5) is 26.9. The Bertz CT molecular complexity index is 1210. The fraction of sp³-hybridized carbons (Fsp3) is 0.346. The van der Waals surface area contributed by atoms with Crippen LogP contribution in [0.1, 0.15) is 47.9 Å². The zero-order chi connectivity index (χ0) is 27.0. The average Bonchev–Trinajstić information content (AvgIpc) is 2.87. The number of nitrogens with zero attached hydrogens (tertiary/aromatic N) is 1. The molecule has 1 aliphatic carbocycles. The Morgan fingerprint density at radius 2 is 1.57 bits per heavy atom. The van der Waals surface area contributed by atoms with Gasteiger partial charge in [0.1, 0.15) is 17.3 Å². The molecule has 0 fully saturated rings. The summed E-state index contributed by atoms with van der Waals surface area (Å²) in [5.74, 6) is -1.09. The van der Waals surface area contributed by atoms with Crippen LogP contribution in [-0.4, -0.2) is 46.7 Å². The number of allylic oxidation sites excluding steroid dienone is 2. The van der Waals surface area contributed by atoms with Crippen molar-refractivity contribution in [2.75, 3.05) is 37.4 Å². The van der Waals surface area contributed by atoms with Crippen molar-refractivity contribution in [3.63, 3.8) is 0 Å². The highest BCUT2D eigenvalue weighted by molar-refractivity contribution is 6.60. The number of fused-ring (bicyclic) bond motifs is 1. The number of Topliss-reactive ketones (excluding diaryl/α,β-unsaturated/α-hetero) is 2. The summed E-state index contributed by atoms with van der Waals surface area (Å²) in [6, 6.07) is 12.5. The Labute approximate surface area is 222 Å². The van der Waals surface area contributed by atoms with Crippen LogP contribution in [0.25, 0.3) is 0 Å². The molecule has 0 aliphatic heterocycles. The summed E-state index contributed by atoms with van der Waals surface area (Å²) < 4.78 is 17.6. The van der Waals surface area contributed by atoms with Crippen molar-refractivity contribution >= 4 is 49.0 Å². The molecule has 2 aromatic rings. The molecule has 0 bridgehead atoms. The molecule has 11 heteroatoms. The van der Waals surface area contributed by atoms with Gasteiger partial charge in [0, 0.05) is 48.8 Å². The Hall–Kier alpha value is -3.20. The second kappa shape index (κ2) is 12.9. The zero-order valence-electron chi connectivity index (χ0n) is 21.2. The number of ketones is 2. The van der Waals surface area contributed by atoms with Gasteiger partial charge in [0.15, 0.2) is 0 Å². The first kappa shape index (κ1) is 28.4. The lowest BCUT2D eigenvalue weighted by atomic mass is 9.85. The van der Waals surface area contributed by atoms with E-state index >= 15 is 0 Å². The van der Waals surface area contributed by atoms with E-state index in [0.717, 1.165) is 0 Å². The third-order valence-corrected chi connectivity index (χ3v) is 9.09. The fourth-order valence-corrected chi connectivity index (χ4v) is 6.90. The van der Waals surface area contributed by atoms with Gasteiger partial charge in [-0.15, -0.1) is 0 Å². The van der Waals surface area contributed by atoms with E-state index in [2.05, 4.69) is 10.6 Å². The number of hydrogen-bond donors (Lipinski definition) is 3. The molecule has 1 aliphatic rings. The van der Waals surface area contributed by atoms with Crippen LogP contribution in [0.2, 0.25) is 11.1 Å². The van der Waals surface area contributed by atoms with Crippen LogP contribution < -0.4 is 16.4 Å². The molecule has 196 valence electrons. The van der Waals surface area contributed by atoms with Gasteiger partial charge in [0.25, 0.3) is 0 Å². The Balaban J connectivity index is 1.86. The number of halogens is 1. The topological polar surface area (TPSA) is 136 Å². The highest BCUT2D eigenvalue weighted by Crippen LogP contribution is 2.35. The van der Waals surface area contributed by atoms with Gasteiger partial charge < -0.3 is 29.6 Å². The van der Waals surface area contributed by atoms with Crippen molar-refractivity contribution in [3.05, 3.63) is 63.8 Å². The van der Waals surface area contributed by atoms with Crippen molar-refractivity contribution in [2.24, 2.45) is 0 Å². The van der Waals surface area contributed by atoms with Crippen LogP contribution in [0.3, 0.4) is 0 Å². The molecule has 0 saturated carbocycles. The van der Waals surface area contributed by atoms with Gasteiger partial charge in [0.2, 0.25) is 11.6 Å². The number of nitrogens with two attached hydrogens (primary N) is 1. The maximum absolute atomic E-state index is 13.6. The highest BCUT2D eigenvalue weighted by atomic mass is 35.5. The lowest BCUT2D eigenvalue weighted by molar-refractivity contribution is 0.0708. The van der Waals surface area contributed by atoms with E-state index in [-0.39, 0.29) is 28.1 Å². The number of nitriles is 1. The van der Waals surface area contributed by atoms with Crippen LogP contribution in [0.5, 0.6) is 0 Å². The molecule has 0 atom stereocenters. The van der Waals surface area contributed by atoms with Crippen molar-refractivity contribution in [2.45, 2.75) is 33.2 Å². The number of hydrogen-bond acceptors (Lipinski definition) is 9. The van der Waals surface area contributed by atoms with E-state index in [1.165, 1.54) is 6.07 Å². The van der Waals surface area contributed by atoms with Crippen LogP contribution >= 0.6 is 11.6 Å². The SMILES string of the molecule is CCO[Si](CCCNC1=C(C#N)C(=O)c2c(N)ccc(Nc3ccc(Cl)cc3)c2C1=O)(OCC)OCC. The second-order valence-corrected chi connectivity index (χ2v) is 11.3. The molecule has 0 heterocycles. The number of carbonyl (C=O) groups is 2. The summed E-state index contributed by atoms with van der Waals surface area (Å²) in [5.41, 5.74) is 7.09. The lowest BCUT2D eigenvalue weighted by Crippen LogP contribution is -2.46. The molecule has 37 heavy (non-hydrogen) atoms. The monoisotopic (exact) mass is 542 g/mol. The van der Waals surface area contributed by atoms with Crippen LogP contribution in [0, 0.1) is 11.3 Å². The van der Waals surface area contributed by atoms with E-state index in [4.69, 9.17) is 30.6 Å². The Kier molecular flexibility index (Phi) is 9.85. The first-order valence-corrected chi connectivity index (χ1v) is 14.5. The van der Waals surface area contributed by atoms with Crippen molar-refractivity contribution < 1.29 is 22.9 Å². The van der Waals surface area contributed by atoms with Crippen molar-refractivity contribution in [1.29, 1.82) is 5.26 Å². The van der Waals surface area contributed by atoms with Crippen molar-refractivity contribution in [1.82, 2.24) is 5.32 Å². The predicted molar refractivity (Wildman–Crippen MR) is 145 cm³/mol. The number of nitrogens with one attached hydrogen (secondary N) is 2. The predicted octanol–water partition coefficient (Wildman–Crippen LogP) is 4.85. The number of rotatable bonds is 13. The maximum Gasteiger partial charge on any atom is 0.500 e. The van der Waals surface area contributed by atoms with Gasteiger partial charge in [-0.05, 0) is 63.6 Å². The standard InChI is InChI=1S/C26H31ClN4O5Si/c1-4-34-37(35-5-2,36-6-3)15-7-14-30-24-19(16-28)25(32)22-20(29)12-13-21(23(22)26(24)33)31-18-10-8-17(27)9-11-18/h8-13,30-31H,4-7,14-15,29H2,1-3H3. The summed E-state index contributed by atoms with van der Waals surface area (Å²) in [7, 11) is -2.87. The molecule has 0 radical (unpaired) electrons. The van der Waals surface area contributed by atoms with Crippen LogP contribution in [0.4, 0.5) is 17.1 Å². The van der Waals surface area contributed by atoms with Gasteiger partial charge in [-0.3, -0.25) is 9.59 Å². The smallest absolute Gasteiger partial charge is 0.398 e. The normalized spacial score (nSPS) is 13.4. The van der Waals surface area contributed by atoms with E-state index in [0.29, 0.717) is 55.2 Å². The summed E-state index contributed by atoms with van der Waals surface area (Å²) in [6.45, 7) is 7.32. The minimum absolute atomic E-state index is 0.0153. The molecule has 2 aromatic carbocycles. The van der Waals surface area contributed by atoms with Gasteiger partial charge in [-0.1, -0.05) is 11.6 Å². The third-order valence-electron chi connectivity index (χ3n) is 5.69. The molecule has 4 N–H and O–H groups in total. The molecule has 0 saturated heterocycles. The van der Waals surface area contributed by atoms with Crippen LogP contribution in [0.15, 0.2) is 47.7 Å². The highest BCUT2D eigenvalue weighted by Gasteiger charge is 2.40. The van der Waals surface area contributed by atoms with Gasteiger partial charge in [-0.25, -0.2) is 0 Å². The molecule has 0 amide bonds. The molecular formula is C26H31ClN4O5Si. The first-order valence-electron chi connectivity index (χ1n) is 12.1. The van der Waals surface area contributed by atoms with E-state index < -0.39 is 20.4 Å².